The van der Waals surface area contributed by atoms with Crippen molar-refractivity contribution in [3.63, 3.8) is 0 Å². The first-order valence-corrected chi connectivity index (χ1v) is 10.1. The number of H-pyrrole nitrogens is 1. The number of rotatable bonds is 6. The van der Waals surface area contributed by atoms with E-state index >= 15 is 0 Å². The molecule has 1 N–H and O–H groups in total. The quantitative estimate of drug-likeness (QED) is 0.652. The van der Waals surface area contributed by atoms with Crippen molar-refractivity contribution in [1.29, 1.82) is 0 Å². The Morgan fingerprint density at radius 2 is 2.13 bits per heavy atom. The van der Waals surface area contributed by atoms with Gasteiger partial charge in [0.15, 0.2) is 0 Å². The predicted octanol–water partition coefficient (Wildman–Crippen LogP) is 2.52. The lowest BCUT2D eigenvalue weighted by atomic mass is 10.1. The van der Waals surface area contributed by atoms with Gasteiger partial charge in [-0.15, -0.1) is 0 Å². The van der Waals surface area contributed by atoms with E-state index < -0.39 is 0 Å². The number of amides is 1. The first-order chi connectivity index (χ1) is 14.5. The minimum atomic E-state index is -0.278. The third-order valence-electron chi connectivity index (χ3n) is 5.11. The van der Waals surface area contributed by atoms with Gasteiger partial charge in [0.1, 0.15) is 18.9 Å². The molecule has 1 fully saturated rings. The van der Waals surface area contributed by atoms with Gasteiger partial charge in [0.2, 0.25) is 5.91 Å². The third kappa shape index (κ3) is 4.54. The van der Waals surface area contributed by atoms with Crippen LogP contribution in [0.15, 0.2) is 47.3 Å². The molecule has 1 aliphatic rings. The van der Waals surface area contributed by atoms with Crippen LogP contribution in [0.4, 0.5) is 0 Å². The monoisotopic (exact) mass is 427 g/mol. The molecule has 3 heterocycles. The lowest BCUT2D eigenvalue weighted by Crippen LogP contribution is -2.36. The molecular formula is C21H22ClN5O3. The maximum absolute atomic E-state index is 12.6. The van der Waals surface area contributed by atoms with Crippen LogP contribution >= 0.6 is 11.6 Å². The Kier molecular flexibility index (Phi) is 5.85. The molecule has 0 spiro atoms. The third-order valence-corrected chi connectivity index (χ3v) is 5.43. The second kappa shape index (κ2) is 8.71. The maximum atomic E-state index is 12.6. The van der Waals surface area contributed by atoms with Gasteiger partial charge in [-0.2, -0.15) is 10.2 Å². The smallest absolute Gasteiger partial charge is 0.267 e. The van der Waals surface area contributed by atoms with Gasteiger partial charge in [0.05, 0.1) is 22.1 Å². The number of carbonyl (C=O) groups is 1. The van der Waals surface area contributed by atoms with Crippen molar-refractivity contribution in [2.75, 3.05) is 13.1 Å². The molecule has 2 aromatic heterocycles. The van der Waals surface area contributed by atoms with Crippen molar-refractivity contribution in [2.45, 2.75) is 32.4 Å². The highest BCUT2D eigenvalue weighted by molar-refractivity contribution is 6.32. The predicted molar refractivity (Wildman–Crippen MR) is 112 cm³/mol. The van der Waals surface area contributed by atoms with Crippen LogP contribution in [0.2, 0.25) is 5.02 Å². The van der Waals surface area contributed by atoms with Crippen LogP contribution in [0.5, 0.6) is 5.75 Å². The molecule has 0 saturated carbocycles. The number of hydrogen-bond donors (Lipinski definition) is 1. The number of aromatic amines is 1. The number of aryl methyl sites for hydroxylation is 1. The Morgan fingerprint density at radius 1 is 1.30 bits per heavy atom. The van der Waals surface area contributed by atoms with Gasteiger partial charge in [-0.1, -0.05) is 23.7 Å². The summed E-state index contributed by atoms with van der Waals surface area (Å²) in [6, 6.07) is 12.3. The molecule has 1 atom stereocenters. The van der Waals surface area contributed by atoms with Crippen LogP contribution in [0.25, 0.3) is 0 Å². The molecule has 0 radical (unpaired) electrons. The zero-order chi connectivity index (χ0) is 21.1. The van der Waals surface area contributed by atoms with E-state index in [0.717, 1.165) is 17.8 Å². The van der Waals surface area contributed by atoms with Gasteiger partial charge in [-0.25, -0.2) is 4.68 Å². The lowest BCUT2D eigenvalue weighted by molar-refractivity contribution is -0.131. The Hall–Kier alpha value is -3.13. The molecule has 1 amide bonds. The Balaban J connectivity index is 1.34. The van der Waals surface area contributed by atoms with Crippen molar-refractivity contribution in [2.24, 2.45) is 0 Å². The zero-order valence-electron chi connectivity index (χ0n) is 16.5. The summed E-state index contributed by atoms with van der Waals surface area (Å²) >= 11 is 6.11. The van der Waals surface area contributed by atoms with E-state index in [2.05, 4.69) is 15.3 Å². The molecule has 8 nitrogen and oxygen atoms in total. The van der Waals surface area contributed by atoms with Crippen molar-refractivity contribution < 1.29 is 9.53 Å². The van der Waals surface area contributed by atoms with Crippen LogP contribution in [0.3, 0.4) is 0 Å². The molecule has 9 heteroatoms. The van der Waals surface area contributed by atoms with E-state index in [1.807, 2.05) is 24.3 Å². The molecule has 0 bridgehead atoms. The van der Waals surface area contributed by atoms with Gasteiger partial charge in [0, 0.05) is 25.1 Å². The molecular weight excluding hydrogens is 406 g/mol. The number of hydrogen-bond acceptors (Lipinski definition) is 5. The first kappa shape index (κ1) is 20.2. The van der Waals surface area contributed by atoms with Gasteiger partial charge in [-0.3, -0.25) is 14.7 Å². The number of para-hydroxylation sites is 1. The summed E-state index contributed by atoms with van der Waals surface area (Å²) in [5.41, 5.74) is 2.16. The molecule has 4 rings (SSSR count). The first-order valence-electron chi connectivity index (χ1n) is 9.73. The number of aromatic nitrogens is 4. The van der Waals surface area contributed by atoms with Crippen LogP contribution in [-0.4, -0.2) is 43.9 Å². The highest BCUT2D eigenvalue weighted by atomic mass is 35.5. The fourth-order valence-corrected chi connectivity index (χ4v) is 3.69. The summed E-state index contributed by atoms with van der Waals surface area (Å²) in [6.07, 6.45) is 0.817. The lowest BCUT2D eigenvalue weighted by Gasteiger charge is -2.16. The van der Waals surface area contributed by atoms with E-state index in [9.17, 15) is 9.59 Å². The van der Waals surface area contributed by atoms with E-state index in [4.69, 9.17) is 16.3 Å². The van der Waals surface area contributed by atoms with E-state index in [-0.39, 0.29) is 23.9 Å². The number of ether oxygens (including phenoxy) is 1. The highest BCUT2D eigenvalue weighted by Gasteiger charge is 2.29. The zero-order valence-corrected chi connectivity index (χ0v) is 17.3. The molecule has 30 heavy (non-hydrogen) atoms. The number of nitrogens with one attached hydrogen (secondary N) is 1. The van der Waals surface area contributed by atoms with Crippen LogP contribution in [-0.2, 0) is 17.9 Å². The fourth-order valence-electron chi connectivity index (χ4n) is 3.50. The number of carbonyl (C=O) groups excluding carboxylic acids is 1. The van der Waals surface area contributed by atoms with Crippen LogP contribution in [0, 0.1) is 6.92 Å². The van der Waals surface area contributed by atoms with Crippen LogP contribution < -0.4 is 10.3 Å². The van der Waals surface area contributed by atoms with Crippen molar-refractivity contribution >= 4 is 17.5 Å². The Labute approximate surface area is 178 Å². The number of nitrogens with zero attached hydrogens (tertiary/aromatic N) is 4. The molecule has 3 aromatic rings. The van der Waals surface area contributed by atoms with Crippen molar-refractivity contribution in [3.8, 4) is 5.75 Å². The Morgan fingerprint density at radius 3 is 2.97 bits per heavy atom. The number of benzene rings is 1. The largest absolute Gasteiger partial charge is 0.486 e. The molecule has 0 unspecified atom stereocenters. The second-order valence-electron chi connectivity index (χ2n) is 7.33. The summed E-state index contributed by atoms with van der Waals surface area (Å²) in [5.74, 6) is 0.643. The molecule has 0 aliphatic carbocycles. The summed E-state index contributed by atoms with van der Waals surface area (Å²) < 4.78 is 6.95. The fraction of sp³-hybridized carbons (Fsp3) is 0.333. The average molecular weight is 428 g/mol. The molecule has 1 aromatic carbocycles. The summed E-state index contributed by atoms with van der Waals surface area (Å²) in [4.78, 5) is 26.3. The summed E-state index contributed by atoms with van der Waals surface area (Å²) in [6.45, 7) is 3.26. The topological polar surface area (TPSA) is 93.1 Å². The average Bonchev–Trinajstić information content (AvgIpc) is 3.39. The SMILES string of the molecule is Cc1ccc(=O)n(CC(=O)N2CC[C@H](c3cc(COc4ccccc4Cl)[nH]n3)C2)n1. The summed E-state index contributed by atoms with van der Waals surface area (Å²) in [7, 11) is 0. The van der Waals surface area contributed by atoms with Crippen LogP contribution in [0.1, 0.15) is 29.4 Å². The standard InChI is InChI=1S/C21H22ClN5O3/c1-14-6-7-20(28)27(25-14)12-21(29)26-9-8-15(11-26)18-10-16(23-24-18)13-30-19-5-3-2-4-17(19)22/h2-7,10,15H,8-9,11-13H2,1H3,(H,23,24)/t15-/m0/s1. The number of halogens is 1. The van der Waals surface area contributed by atoms with E-state index in [1.54, 1.807) is 24.0 Å². The molecule has 156 valence electrons. The van der Waals surface area contributed by atoms with Gasteiger partial charge in [-0.05, 0) is 37.6 Å². The maximum Gasteiger partial charge on any atom is 0.267 e. The normalized spacial score (nSPS) is 16.1. The van der Waals surface area contributed by atoms with E-state index in [0.29, 0.717) is 36.2 Å². The van der Waals surface area contributed by atoms with Gasteiger partial charge in [0.25, 0.3) is 5.56 Å². The van der Waals surface area contributed by atoms with E-state index in [1.165, 1.54) is 10.7 Å². The van der Waals surface area contributed by atoms with Gasteiger partial charge < -0.3 is 9.64 Å². The number of likely N-dealkylation sites (tertiary alicyclic amines) is 1. The second-order valence-corrected chi connectivity index (χ2v) is 7.74. The van der Waals surface area contributed by atoms with Gasteiger partial charge >= 0.3 is 0 Å². The summed E-state index contributed by atoms with van der Waals surface area (Å²) in [5, 5.41) is 12.1. The Bertz CT molecular complexity index is 1110. The molecule has 1 aliphatic heterocycles. The van der Waals surface area contributed by atoms with Crippen molar-refractivity contribution in [3.05, 3.63) is 74.9 Å². The van der Waals surface area contributed by atoms with Crippen molar-refractivity contribution in [1.82, 2.24) is 24.9 Å². The molecule has 1 saturated heterocycles. The minimum absolute atomic E-state index is 0.0509. The minimum Gasteiger partial charge on any atom is -0.486 e. The highest BCUT2D eigenvalue weighted by Crippen LogP contribution is 2.27.